The summed E-state index contributed by atoms with van der Waals surface area (Å²) in [5.41, 5.74) is 1.42. The van der Waals surface area contributed by atoms with E-state index in [9.17, 15) is 13.2 Å². The monoisotopic (exact) mass is 412 g/mol. The lowest BCUT2D eigenvalue weighted by molar-refractivity contribution is -0.120. The lowest BCUT2D eigenvalue weighted by atomic mass is 10.2. The molecule has 0 saturated carbocycles. The molecule has 1 aromatic carbocycles. The highest BCUT2D eigenvalue weighted by molar-refractivity contribution is 7.89. The fraction of sp³-hybridized carbons (Fsp3) is 0.632. The molecule has 8 nitrogen and oxygen atoms in total. The molecule has 2 N–H and O–H groups in total. The van der Waals surface area contributed by atoms with E-state index >= 15 is 0 Å². The zero-order valence-corrected chi connectivity index (χ0v) is 18.0. The standard InChI is InChI=1S/C19H32N4O4S/c1-15(14-27-4)21-19(24)13-20-17-12-16(8-9-18(17)22(2)3)28(25,26)23-10-6-5-7-11-23/h8-9,12,15,20H,5-7,10-11,13-14H2,1-4H3,(H,21,24). The van der Waals surface area contributed by atoms with E-state index in [1.165, 1.54) is 0 Å². The Labute approximate surface area is 168 Å². The third-order valence-electron chi connectivity index (χ3n) is 4.67. The number of sulfonamides is 1. The number of hydrogen-bond acceptors (Lipinski definition) is 6. The summed E-state index contributed by atoms with van der Waals surface area (Å²) < 4.78 is 32.5. The Kier molecular flexibility index (Phi) is 8.09. The van der Waals surface area contributed by atoms with Crippen LogP contribution in [0.4, 0.5) is 11.4 Å². The van der Waals surface area contributed by atoms with Crippen molar-refractivity contribution in [3.8, 4) is 0 Å². The Balaban J connectivity index is 2.17. The molecule has 1 atom stereocenters. The quantitative estimate of drug-likeness (QED) is 0.639. The van der Waals surface area contributed by atoms with Crippen molar-refractivity contribution in [1.82, 2.24) is 9.62 Å². The molecule has 1 aromatic rings. The number of hydrogen-bond donors (Lipinski definition) is 2. The van der Waals surface area contributed by atoms with E-state index in [-0.39, 0.29) is 23.4 Å². The van der Waals surface area contributed by atoms with Gasteiger partial charge in [0.05, 0.1) is 29.4 Å². The molecular formula is C19H32N4O4S. The molecule has 1 unspecified atom stereocenters. The van der Waals surface area contributed by atoms with E-state index in [0.717, 1.165) is 24.9 Å². The van der Waals surface area contributed by atoms with Crippen molar-refractivity contribution in [1.29, 1.82) is 0 Å². The number of ether oxygens (including phenoxy) is 1. The van der Waals surface area contributed by atoms with Crippen LogP contribution in [0.1, 0.15) is 26.2 Å². The first-order valence-electron chi connectivity index (χ1n) is 9.59. The van der Waals surface area contributed by atoms with Crippen molar-refractivity contribution in [2.24, 2.45) is 0 Å². The van der Waals surface area contributed by atoms with Gasteiger partial charge in [0, 0.05) is 40.3 Å². The minimum absolute atomic E-state index is 0.0438. The van der Waals surface area contributed by atoms with Gasteiger partial charge in [-0.05, 0) is 38.0 Å². The molecule has 1 fully saturated rings. The maximum Gasteiger partial charge on any atom is 0.243 e. The van der Waals surface area contributed by atoms with Crippen molar-refractivity contribution in [3.05, 3.63) is 18.2 Å². The minimum Gasteiger partial charge on any atom is -0.383 e. The largest absolute Gasteiger partial charge is 0.383 e. The fourth-order valence-corrected chi connectivity index (χ4v) is 4.80. The van der Waals surface area contributed by atoms with Gasteiger partial charge in [-0.25, -0.2) is 8.42 Å². The van der Waals surface area contributed by atoms with E-state index in [1.54, 1.807) is 29.6 Å². The van der Waals surface area contributed by atoms with Crippen LogP contribution in [0.2, 0.25) is 0 Å². The number of carbonyl (C=O) groups excluding carboxylic acids is 1. The topological polar surface area (TPSA) is 91.0 Å². The second-order valence-corrected chi connectivity index (χ2v) is 9.25. The molecule has 0 aliphatic carbocycles. The minimum atomic E-state index is -3.53. The molecule has 158 valence electrons. The van der Waals surface area contributed by atoms with Gasteiger partial charge in [0.2, 0.25) is 15.9 Å². The molecule has 1 saturated heterocycles. The Bertz CT molecular complexity index is 761. The highest BCUT2D eigenvalue weighted by Gasteiger charge is 2.26. The Morgan fingerprint density at radius 2 is 1.93 bits per heavy atom. The van der Waals surface area contributed by atoms with Crippen molar-refractivity contribution >= 4 is 27.3 Å². The number of nitrogens with zero attached hydrogens (tertiary/aromatic N) is 2. The van der Waals surface area contributed by atoms with E-state index in [0.29, 0.717) is 25.4 Å². The summed E-state index contributed by atoms with van der Waals surface area (Å²) in [5.74, 6) is -0.182. The van der Waals surface area contributed by atoms with Gasteiger partial charge in [-0.3, -0.25) is 4.79 Å². The second kappa shape index (κ2) is 10.1. The van der Waals surface area contributed by atoms with Gasteiger partial charge in [0.25, 0.3) is 0 Å². The van der Waals surface area contributed by atoms with Crippen LogP contribution >= 0.6 is 0 Å². The van der Waals surface area contributed by atoms with Gasteiger partial charge >= 0.3 is 0 Å². The highest BCUT2D eigenvalue weighted by Crippen LogP contribution is 2.29. The molecule has 9 heteroatoms. The Morgan fingerprint density at radius 1 is 1.25 bits per heavy atom. The van der Waals surface area contributed by atoms with Crippen LogP contribution in [-0.2, 0) is 19.6 Å². The van der Waals surface area contributed by atoms with Crippen LogP contribution < -0.4 is 15.5 Å². The third kappa shape index (κ3) is 5.83. The number of anilines is 2. The number of methoxy groups -OCH3 is 1. The Hall–Kier alpha value is -1.84. The number of benzene rings is 1. The number of nitrogens with one attached hydrogen (secondary N) is 2. The van der Waals surface area contributed by atoms with Gasteiger partial charge in [-0.1, -0.05) is 6.42 Å². The highest BCUT2D eigenvalue weighted by atomic mass is 32.2. The molecule has 1 heterocycles. The van der Waals surface area contributed by atoms with Crippen molar-refractivity contribution in [2.45, 2.75) is 37.1 Å². The lowest BCUT2D eigenvalue weighted by Gasteiger charge is -2.27. The zero-order chi connectivity index (χ0) is 20.7. The summed E-state index contributed by atoms with van der Waals surface area (Å²) >= 11 is 0. The maximum atomic E-state index is 13.0. The van der Waals surface area contributed by atoms with Crippen LogP contribution in [0.3, 0.4) is 0 Å². The molecule has 1 aliphatic rings. The van der Waals surface area contributed by atoms with E-state index in [4.69, 9.17) is 4.74 Å². The average molecular weight is 413 g/mol. The average Bonchev–Trinajstić information content (AvgIpc) is 2.66. The van der Waals surface area contributed by atoms with Crippen molar-refractivity contribution in [2.75, 3.05) is 57.7 Å². The van der Waals surface area contributed by atoms with Gasteiger partial charge in [0.15, 0.2) is 0 Å². The van der Waals surface area contributed by atoms with E-state index in [2.05, 4.69) is 10.6 Å². The van der Waals surface area contributed by atoms with E-state index in [1.807, 2.05) is 25.9 Å². The third-order valence-corrected chi connectivity index (χ3v) is 6.56. The first kappa shape index (κ1) is 22.4. The van der Waals surface area contributed by atoms with E-state index < -0.39 is 10.0 Å². The molecular weight excluding hydrogens is 380 g/mol. The molecule has 2 rings (SSSR count). The Morgan fingerprint density at radius 3 is 2.54 bits per heavy atom. The molecule has 0 aromatic heterocycles. The summed E-state index contributed by atoms with van der Waals surface area (Å²) in [7, 11) is 1.80. The molecule has 1 amide bonds. The van der Waals surface area contributed by atoms with Gasteiger partial charge in [-0.15, -0.1) is 0 Å². The molecule has 0 spiro atoms. The molecule has 1 aliphatic heterocycles. The number of piperidine rings is 1. The molecule has 0 radical (unpaired) electrons. The summed E-state index contributed by atoms with van der Waals surface area (Å²) in [4.78, 5) is 14.3. The van der Waals surface area contributed by atoms with Crippen molar-refractivity contribution < 1.29 is 17.9 Å². The normalized spacial score (nSPS) is 16.4. The predicted molar refractivity (Wildman–Crippen MR) is 111 cm³/mol. The molecule has 0 bridgehead atoms. The first-order valence-corrected chi connectivity index (χ1v) is 11.0. The number of carbonyl (C=O) groups is 1. The lowest BCUT2D eigenvalue weighted by Crippen LogP contribution is -2.39. The van der Waals surface area contributed by atoms with Gasteiger partial charge in [0.1, 0.15) is 0 Å². The second-order valence-electron chi connectivity index (χ2n) is 7.32. The smallest absolute Gasteiger partial charge is 0.243 e. The zero-order valence-electron chi connectivity index (χ0n) is 17.2. The summed E-state index contributed by atoms with van der Waals surface area (Å²) in [5, 5.41) is 5.91. The number of rotatable bonds is 9. The van der Waals surface area contributed by atoms with Crippen LogP contribution in [-0.4, -0.2) is 72.1 Å². The van der Waals surface area contributed by atoms with Crippen LogP contribution in [0.5, 0.6) is 0 Å². The summed E-state index contributed by atoms with van der Waals surface area (Å²) in [6, 6.07) is 4.92. The van der Waals surface area contributed by atoms with Crippen molar-refractivity contribution in [3.63, 3.8) is 0 Å². The van der Waals surface area contributed by atoms with Crippen LogP contribution in [0.25, 0.3) is 0 Å². The molecule has 28 heavy (non-hydrogen) atoms. The van der Waals surface area contributed by atoms with Gasteiger partial charge < -0.3 is 20.3 Å². The summed E-state index contributed by atoms with van der Waals surface area (Å²) in [6.45, 7) is 3.44. The maximum absolute atomic E-state index is 13.0. The fourth-order valence-electron chi connectivity index (χ4n) is 3.25. The van der Waals surface area contributed by atoms with Crippen LogP contribution in [0.15, 0.2) is 23.1 Å². The SMILES string of the molecule is COCC(C)NC(=O)CNc1cc(S(=O)(=O)N2CCCCC2)ccc1N(C)C. The predicted octanol–water partition coefficient (Wildman–Crippen LogP) is 1.49. The van der Waals surface area contributed by atoms with Crippen LogP contribution in [0, 0.1) is 0 Å². The summed E-state index contributed by atoms with van der Waals surface area (Å²) in [6.07, 6.45) is 2.84. The first-order chi connectivity index (χ1) is 13.3. The number of amides is 1. The van der Waals surface area contributed by atoms with Gasteiger partial charge in [-0.2, -0.15) is 4.31 Å².